The zero-order chi connectivity index (χ0) is 11.7. The van der Waals surface area contributed by atoms with Gasteiger partial charge in [0.1, 0.15) is 5.60 Å². The highest BCUT2D eigenvalue weighted by molar-refractivity contribution is 7.80. The quantitative estimate of drug-likeness (QED) is 0.393. The van der Waals surface area contributed by atoms with Gasteiger partial charge in [-0.25, -0.2) is 0 Å². The van der Waals surface area contributed by atoms with Gasteiger partial charge < -0.3 is 4.74 Å². The van der Waals surface area contributed by atoms with Crippen LogP contribution in [0.1, 0.15) is 59.3 Å². The Balaban J connectivity index is 3.70. The first-order chi connectivity index (χ1) is 7.02. The molecule has 0 aromatic heterocycles. The normalized spacial score (nSPS) is 11.5. The van der Waals surface area contributed by atoms with E-state index in [4.69, 9.17) is 4.74 Å². The zero-order valence-corrected chi connectivity index (χ0v) is 11.1. The van der Waals surface area contributed by atoms with E-state index in [9.17, 15) is 4.79 Å². The van der Waals surface area contributed by atoms with Crippen molar-refractivity contribution in [3.05, 3.63) is 0 Å². The number of carbonyl (C=O) groups excluding carboxylic acids is 1. The first-order valence-electron chi connectivity index (χ1n) is 5.84. The third-order valence-corrected chi connectivity index (χ3v) is 2.56. The van der Waals surface area contributed by atoms with Crippen molar-refractivity contribution in [2.75, 3.05) is 5.75 Å². The Kier molecular flexibility index (Phi) is 7.93. The predicted octanol–water partition coefficient (Wildman–Crippen LogP) is 3.60. The highest BCUT2D eigenvalue weighted by Crippen LogP contribution is 2.19. The second kappa shape index (κ2) is 8.03. The average Bonchev–Trinajstić information content (AvgIpc) is 2.12. The van der Waals surface area contributed by atoms with Gasteiger partial charge in [0.05, 0.1) is 6.42 Å². The van der Waals surface area contributed by atoms with Gasteiger partial charge in [0, 0.05) is 5.75 Å². The van der Waals surface area contributed by atoms with Crippen LogP contribution in [0, 0.1) is 0 Å². The van der Waals surface area contributed by atoms with E-state index >= 15 is 0 Å². The van der Waals surface area contributed by atoms with Gasteiger partial charge in [-0.2, -0.15) is 12.6 Å². The second-order valence-electron chi connectivity index (χ2n) is 4.52. The van der Waals surface area contributed by atoms with Gasteiger partial charge in [0.25, 0.3) is 0 Å². The van der Waals surface area contributed by atoms with Gasteiger partial charge in [-0.3, -0.25) is 4.79 Å². The van der Waals surface area contributed by atoms with Crippen LogP contribution < -0.4 is 0 Å². The van der Waals surface area contributed by atoms with E-state index in [1.807, 2.05) is 13.8 Å². The summed E-state index contributed by atoms with van der Waals surface area (Å²) in [6.07, 6.45) is 6.21. The van der Waals surface area contributed by atoms with E-state index in [1.165, 1.54) is 19.3 Å². The molecule has 15 heavy (non-hydrogen) atoms. The number of thiol groups is 1. The molecule has 0 saturated heterocycles. The van der Waals surface area contributed by atoms with E-state index in [0.717, 1.165) is 12.8 Å². The highest BCUT2D eigenvalue weighted by Gasteiger charge is 2.21. The summed E-state index contributed by atoms with van der Waals surface area (Å²) in [7, 11) is 0. The first-order valence-corrected chi connectivity index (χ1v) is 6.48. The van der Waals surface area contributed by atoms with Crippen molar-refractivity contribution in [1.29, 1.82) is 0 Å². The Morgan fingerprint density at radius 3 is 2.47 bits per heavy atom. The molecule has 0 saturated carbocycles. The fourth-order valence-corrected chi connectivity index (χ4v) is 1.66. The molecule has 0 bridgehead atoms. The van der Waals surface area contributed by atoms with Crippen LogP contribution in [-0.2, 0) is 9.53 Å². The molecule has 0 aromatic rings. The number of unbranched alkanes of at least 4 members (excludes halogenated alkanes) is 3. The van der Waals surface area contributed by atoms with Gasteiger partial charge >= 0.3 is 5.97 Å². The molecule has 3 heteroatoms. The molecule has 0 amide bonds. The van der Waals surface area contributed by atoms with Gasteiger partial charge in [0.15, 0.2) is 0 Å². The maximum Gasteiger partial charge on any atom is 0.307 e. The summed E-state index contributed by atoms with van der Waals surface area (Å²) < 4.78 is 5.37. The van der Waals surface area contributed by atoms with Crippen LogP contribution in [0.4, 0.5) is 0 Å². The lowest BCUT2D eigenvalue weighted by Gasteiger charge is -2.25. The molecule has 0 N–H and O–H groups in total. The van der Waals surface area contributed by atoms with Gasteiger partial charge in [0.2, 0.25) is 0 Å². The van der Waals surface area contributed by atoms with E-state index < -0.39 is 0 Å². The van der Waals surface area contributed by atoms with E-state index in [0.29, 0.717) is 12.2 Å². The summed E-state index contributed by atoms with van der Waals surface area (Å²) in [6, 6.07) is 0. The maximum absolute atomic E-state index is 11.3. The van der Waals surface area contributed by atoms with Crippen LogP contribution in [0.25, 0.3) is 0 Å². The molecule has 0 aromatic carbocycles. The Bertz CT molecular complexity index is 178. The number of rotatable bonds is 8. The molecule has 0 aliphatic rings. The van der Waals surface area contributed by atoms with Crippen LogP contribution in [-0.4, -0.2) is 17.3 Å². The average molecular weight is 232 g/mol. The molecule has 0 aliphatic heterocycles. The fraction of sp³-hybridized carbons (Fsp3) is 0.917. The first kappa shape index (κ1) is 14.8. The minimum absolute atomic E-state index is 0.134. The standard InChI is InChI=1S/C12H24O2S/c1-4-5-6-7-9-12(2,3)14-11(13)8-10-15/h15H,4-10H2,1-3H3. The van der Waals surface area contributed by atoms with Crippen molar-refractivity contribution >= 4 is 18.6 Å². The lowest BCUT2D eigenvalue weighted by atomic mass is 10.00. The number of ether oxygens (including phenoxy) is 1. The Morgan fingerprint density at radius 1 is 1.27 bits per heavy atom. The molecule has 0 fully saturated rings. The maximum atomic E-state index is 11.3. The molecule has 0 radical (unpaired) electrons. The Morgan fingerprint density at radius 2 is 1.93 bits per heavy atom. The minimum Gasteiger partial charge on any atom is -0.460 e. The zero-order valence-electron chi connectivity index (χ0n) is 10.2. The van der Waals surface area contributed by atoms with Crippen LogP contribution in [0.5, 0.6) is 0 Å². The third-order valence-electron chi connectivity index (χ3n) is 2.34. The Hall–Kier alpha value is -0.180. The molecule has 2 nitrogen and oxygen atoms in total. The van der Waals surface area contributed by atoms with Crippen molar-refractivity contribution in [3.8, 4) is 0 Å². The summed E-state index contributed by atoms with van der Waals surface area (Å²) in [4.78, 5) is 11.3. The number of hydrogen-bond acceptors (Lipinski definition) is 3. The molecule has 90 valence electrons. The number of hydrogen-bond donors (Lipinski definition) is 1. The smallest absolute Gasteiger partial charge is 0.307 e. The van der Waals surface area contributed by atoms with Crippen LogP contribution >= 0.6 is 12.6 Å². The van der Waals surface area contributed by atoms with Gasteiger partial charge in [-0.15, -0.1) is 0 Å². The molecular formula is C12H24O2S. The summed E-state index contributed by atoms with van der Waals surface area (Å²) in [6.45, 7) is 6.16. The molecule has 0 unspecified atom stereocenters. The lowest BCUT2D eigenvalue weighted by Crippen LogP contribution is -2.28. The van der Waals surface area contributed by atoms with Crippen LogP contribution in [0.15, 0.2) is 0 Å². The summed E-state index contributed by atoms with van der Waals surface area (Å²) in [5, 5.41) is 0. The summed E-state index contributed by atoms with van der Waals surface area (Å²) in [5.41, 5.74) is -0.312. The number of esters is 1. The van der Waals surface area contributed by atoms with Gasteiger partial charge in [-0.1, -0.05) is 26.2 Å². The van der Waals surface area contributed by atoms with Crippen molar-refractivity contribution < 1.29 is 9.53 Å². The second-order valence-corrected chi connectivity index (χ2v) is 4.97. The van der Waals surface area contributed by atoms with Crippen LogP contribution in [0.3, 0.4) is 0 Å². The highest BCUT2D eigenvalue weighted by atomic mass is 32.1. The topological polar surface area (TPSA) is 26.3 Å². The summed E-state index contributed by atoms with van der Waals surface area (Å²) >= 11 is 4.01. The molecule has 0 spiro atoms. The minimum atomic E-state index is -0.312. The SMILES string of the molecule is CCCCCCC(C)(C)OC(=O)CCS. The third kappa shape index (κ3) is 8.79. The van der Waals surface area contributed by atoms with Crippen molar-refractivity contribution in [2.24, 2.45) is 0 Å². The van der Waals surface area contributed by atoms with Crippen LogP contribution in [0.2, 0.25) is 0 Å². The van der Waals surface area contributed by atoms with Crippen molar-refractivity contribution in [3.63, 3.8) is 0 Å². The molecule has 0 aliphatic carbocycles. The van der Waals surface area contributed by atoms with E-state index in [-0.39, 0.29) is 11.6 Å². The molecule has 0 heterocycles. The van der Waals surface area contributed by atoms with Gasteiger partial charge in [-0.05, 0) is 26.7 Å². The monoisotopic (exact) mass is 232 g/mol. The largest absolute Gasteiger partial charge is 0.460 e. The molecular weight excluding hydrogens is 208 g/mol. The Labute approximate surface area is 99.2 Å². The number of carbonyl (C=O) groups is 1. The lowest BCUT2D eigenvalue weighted by molar-refractivity contribution is -0.156. The predicted molar refractivity (Wildman–Crippen MR) is 67.4 cm³/mol. The molecule has 0 atom stereocenters. The fourth-order valence-electron chi connectivity index (χ4n) is 1.48. The van der Waals surface area contributed by atoms with E-state index in [1.54, 1.807) is 0 Å². The molecule has 0 rings (SSSR count). The van der Waals surface area contributed by atoms with Crippen molar-refractivity contribution in [2.45, 2.75) is 64.9 Å². The van der Waals surface area contributed by atoms with Crippen molar-refractivity contribution in [1.82, 2.24) is 0 Å². The summed E-state index contributed by atoms with van der Waals surface area (Å²) in [5.74, 6) is 0.426. The van der Waals surface area contributed by atoms with E-state index in [2.05, 4.69) is 19.6 Å².